The van der Waals surface area contributed by atoms with Crippen LogP contribution in [-0.4, -0.2) is 46.2 Å². The summed E-state index contributed by atoms with van der Waals surface area (Å²) in [5.74, 6) is 1.91. The number of hydrogen-bond donors (Lipinski definition) is 1. The fraction of sp³-hybridized carbons (Fsp3) is 0.412. The third-order valence-electron chi connectivity index (χ3n) is 4.61. The van der Waals surface area contributed by atoms with Gasteiger partial charge in [-0.1, -0.05) is 17.3 Å². The van der Waals surface area contributed by atoms with E-state index in [1.807, 2.05) is 32.0 Å². The molecule has 1 saturated heterocycles. The molecule has 0 bridgehead atoms. The van der Waals surface area contributed by atoms with Gasteiger partial charge in [0.05, 0.1) is 16.7 Å². The summed E-state index contributed by atoms with van der Waals surface area (Å²) in [7, 11) is 0. The van der Waals surface area contributed by atoms with Crippen LogP contribution in [0.3, 0.4) is 0 Å². The van der Waals surface area contributed by atoms with Crippen LogP contribution in [0.25, 0.3) is 11.0 Å². The van der Waals surface area contributed by atoms with E-state index in [0.29, 0.717) is 0 Å². The number of aryl methyl sites for hydroxylation is 2. The maximum atomic E-state index is 5.26. The van der Waals surface area contributed by atoms with Crippen LogP contribution in [0, 0.1) is 13.8 Å². The number of fused-ring (bicyclic) bond motifs is 1. The molecule has 0 radical (unpaired) electrons. The lowest BCUT2D eigenvalue weighted by molar-refractivity contribution is 0.247. The number of piperazine rings is 1. The molecule has 1 aromatic carbocycles. The lowest BCUT2D eigenvalue weighted by Gasteiger charge is -2.34. The molecule has 6 heteroatoms. The molecule has 3 heterocycles. The van der Waals surface area contributed by atoms with Crippen LogP contribution < -0.4 is 4.90 Å². The van der Waals surface area contributed by atoms with Crippen molar-refractivity contribution < 1.29 is 4.52 Å². The normalized spacial score (nSPS) is 16.3. The van der Waals surface area contributed by atoms with Gasteiger partial charge in [-0.3, -0.25) is 4.90 Å². The van der Waals surface area contributed by atoms with E-state index in [-0.39, 0.29) is 0 Å². The summed E-state index contributed by atoms with van der Waals surface area (Å²) in [5, 5.41) is 4.04. The fourth-order valence-corrected chi connectivity index (χ4v) is 3.16. The van der Waals surface area contributed by atoms with Gasteiger partial charge in [-0.25, -0.2) is 4.98 Å². The third-order valence-corrected chi connectivity index (χ3v) is 4.61. The molecule has 0 atom stereocenters. The number of aromatic nitrogens is 3. The van der Waals surface area contributed by atoms with Crippen molar-refractivity contribution in [3.05, 3.63) is 41.3 Å². The van der Waals surface area contributed by atoms with Crippen molar-refractivity contribution in [2.75, 3.05) is 31.1 Å². The Morgan fingerprint density at radius 3 is 2.61 bits per heavy atom. The highest BCUT2D eigenvalue weighted by molar-refractivity contribution is 5.77. The van der Waals surface area contributed by atoms with Crippen LogP contribution in [0.5, 0.6) is 0 Å². The van der Waals surface area contributed by atoms with E-state index in [1.54, 1.807) is 0 Å². The maximum absolute atomic E-state index is 5.26. The van der Waals surface area contributed by atoms with Crippen LogP contribution in [0.15, 0.2) is 28.8 Å². The largest absolute Gasteiger partial charge is 0.361 e. The Morgan fingerprint density at radius 1 is 1.13 bits per heavy atom. The zero-order valence-corrected chi connectivity index (χ0v) is 13.5. The molecule has 0 aliphatic carbocycles. The van der Waals surface area contributed by atoms with Gasteiger partial charge in [0, 0.05) is 38.3 Å². The van der Waals surface area contributed by atoms with E-state index in [0.717, 1.165) is 61.2 Å². The Kier molecular flexibility index (Phi) is 3.53. The summed E-state index contributed by atoms with van der Waals surface area (Å²) in [6, 6.07) is 8.17. The van der Waals surface area contributed by atoms with Gasteiger partial charge in [-0.05, 0) is 26.0 Å². The van der Waals surface area contributed by atoms with Crippen molar-refractivity contribution in [2.45, 2.75) is 20.4 Å². The summed E-state index contributed by atoms with van der Waals surface area (Å²) >= 11 is 0. The zero-order valence-electron chi connectivity index (χ0n) is 13.5. The van der Waals surface area contributed by atoms with E-state index < -0.39 is 0 Å². The minimum atomic E-state index is 0.912. The average Bonchev–Trinajstić information content (AvgIpc) is 3.14. The quantitative estimate of drug-likeness (QED) is 0.805. The standard InChI is InChI=1S/C17H21N5O/c1-12-14(13(2)23-20-12)11-21-7-9-22(10-8-21)17-18-15-5-3-4-6-16(15)19-17/h3-6H,7-11H2,1-2H3,(H,18,19). The summed E-state index contributed by atoms with van der Waals surface area (Å²) in [5.41, 5.74) is 4.35. The van der Waals surface area contributed by atoms with Crippen molar-refractivity contribution >= 4 is 17.0 Å². The van der Waals surface area contributed by atoms with E-state index in [2.05, 4.69) is 26.0 Å². The van der Waals surface area contributed by atoms with Gasteiger partial charge in [0.15, 0.2) is 0 Å². The number of imidazole rings is 1. The second kappa shape index (κ2) is 5.70. The fourth-order valence-electron chi connectivity index (χ4n) is 3.16. The van der Waals surface area contributed by atoms with Gasteiger partial charge in [-0.2, -0.15) is 0 Å². The molecule has 1 aliphatic rings. The summed E-state index contributed by atoms with van der Waals surface area (Å²) in [4.78, 5) is 12.9. The molecule has 0 saturated carbocycles. The minimum absolute atomic E-state index is 0.912. The number of H-pyrrole nitrogens is 1. The number of para-hydroxylation sites is 2. The van der Waals surface area contributed by atoms with Gasteiger partial charge in [-0.15, -0.1) is 0 Å². The highest BCUT2D eigenvalue weighted by Crippen LogP contribution is 2.20. The van der Waals surface area contributed by atoms with Gasteiger partial charge in [0.25, 0.3) is 0 Å². The predicted molar refractivity (Wildman–Crippen MR) is 89.6 cm³/mol. The van der Waals surface area contributed by atoms with Crippen LogP contribution in [0.4, 0.5) is 5.95 Å². The van der Waals surface area contributed by atoms with Crippen LogP contribution in [0.2, 0.25) is 0 Å². The number of anilines is 1. The number of nitrogens with zero attached hydrogens (tertiary/aromatic N) is 4. The molecule has 23 heavy (non-hydrogen) atoms. The molecule has 1 N–H and O–H groups in total. The first-order chi connectivity index (χ1) is 11.2. The van der Waals surface area contributed by atoms with Crippen molar-refractivity contribution in [2.24, 2.45) is 0 Å². The number of hydrogen-bond acceptors (Lipinski definition) is 5. The Bertz CT molecular complexity index is 761. The van der Waals surface area contributed by atoms with Gasteiger partial charge in [0.2, 0.25) is 5.95 Å². The van der Waals surface area contributed by atoms with Crippen LogP contribution in [0.1, 0.15) is 17.0 Å². The SMILES string of the molecule is Cc1noc(C)c1CN1CCN(c2nc3ccccc3[nH]2)CC1. The average molecular weight is 311 g/mol. The predicted octanol–water partition coefficient (Wildman–Crippen LogP) is 2.49. The molecule has 3 aromatic rings. The molecule has 1 aliphatic heterocycles. The lowest BCUT2D eigenvalue weighted by atomic mass is 10.2. The van der Waals surface area contributed by atoms with E-state index in [1.165, 1.54) is 5.56 Å². The van der Waals surface area contributed by atoms with Gasteiger partial charge >= 0.3 is 0 Å². The van der Waals surface area contributed by atoms with Crippen molar-refractivity contribution in [3.63, 3.8) is 0 Å². The number of benzene rings is 1. The van der Waals surface area contributed by atoms with E-state index in [4.69, 9.17) is 9.51 Å². The highest BCUT2D eigenvalue weighted by Gasteiger charge is 2.21. The molecular weight excluding hydrogens is 290 g/mol. The second-order valence-electron chi connectivity index (χ2n) is 6.14. The maximum Gasteiger partial charge on any atom is 0.203 e. The molecule has 0 unspecified atom stereocenters. The highest BCUT2D eigenvalue weighted by atomic mass is 16.5. The Hall–Kier alpha value is -2.34. The van der Waals surface area contributed by atoms with Gasteiger partial charge < -0.3 is 14.4 Å². The molecule has 120 valence electrons. The van der Waals surface area contributed by atoms with E-state index in [9.17, 15) is 0 Å². The molecular formula is C17H21N5O. The Morgan fingerprint density at radius 2 is 1.91 bits per heavy atom. The molecule has 4 rings (SSSR count). The molecule has 0 amide bonds. The molecule has 0 spiro atoms. The Balaban J connectivity index is 1.42. The first-order valence-electron chi connectivity index (χ1n) is 8.04. The number of rotatable bonds is 3. The first-order valence-corrected chi connectivity index (χ1v) is 8.04. The first kappa shape index (κ1) is 14.3. The van der Waals surface area contributed by atoms with Crippen molar-refractivity contribution in [3.8, 4) is 0 Å². The summed E-state index contributed by atoms with van der Waals surface area (Å²) < 4.78 is 5.26. The van der Waals surface area contributed by atoms with Crippen LogP contribution >= 0.6 is 0 Å². The summed E-state index contributed by atoms with van der Waals surface area (Å²) in [6.45, 7) is 8.89. The Labute approximate surface area is 135 Å². The summed E-state index contributed by atoms with van der Waals surface area (Å²) in [6.07, 6.45) is 0. The van der Waals surface area contributed by atoms with Crippen molar-refractivity contribution in [1.82, 2.24) is 20.0 Å². The monoisotopic (exact) mass is 311 g/mol. The third kappa shape index (κ3) is 2.70. The smallest absolute Gasteiger partial charge is 0.203 e. The number of nitrogens with one attached hydrogen (secondary N) is 1. The van der Waals surface area contributed by atoms with Crippen molar-refractivity contribution in [1.29, 1.82) is 0 Å². The van der Waals surface area contributed by atoms with Gasteiger partial charge in [0.1, 0.15) is 5.76 Å². The van der Waals surface area contributed by atoms with Crippen LogP contribution in [-0.2, 0) is 6.54 Å². The zero-order chi connectivity index (χ0) is 15.8. The molecule has 2 aromatic heterocycles. The lowest BCUT2D eigenvalue weighted by Crippen LogP contribution is -2.46. The molecule has 6 nitrogen and oxygen atoms in total. The second-order valence-corrected chi connectivity index (χ2v) is 6.14. The minimum Gasteiger partial charge on any atom is -0.361 e. The van der Waals surface area contributed by atoms with E-state index >= 15 is 0 Å². The number of aromatic amines is 1. The topological polar surface area (TPSA) is 61.2 Å². The molecule has 1 fully saturated rings.